The lowest BCUT2D eigenvalue weighted by atomic mass is 10.2. The second kappa shape index (κ2) is 9.73. The van der Waals surface area contributed by atoms with Gasteiger partial charge in [0.25, 0.3) is 5.91 Å². The molecule has 0 unspecified atom stereocenters. The van der Waals surface area contributed by atoms with E-state index in [1.165, 1.54) is 40.4 Å². The van der Waals surface area contributed by atoms with Crippen molar-refractivity contribution in [2.24, 2.45) is 0 Å². The number of ether oxygens (including phenoxy) is 4. The van der Waals surface area contributed by atoms with Gasteiger partial charge in [-0.3, -0.25) is 9.59 Å². The molecule has 1 heterocycles. The van der Waals surface area contributed by atoms with E-state index in [4.69, 9.17) is 23.4 Å². The Kier molecular flexibility index (Phi) is 6.83. The lowest BCUT2D eigenvalue weighted by molar-refractivity contribution is -0.118. The van der Waals surface area contributed by atoms with Gasteiger partial charge >= 0.3 is 5.63 Å². The molecule has 0 aliphatic carbocycles. The molecule has 2 N–H and O–H groups in total. The van der Waals surface area contributed by atoms with Crippen LogP contribution in [0.15, 0.2) is 45.6 Å². The molecule has 10 heteroatoms. The van der Waals surface area contributed by atoms with Crippen LogP contribution < -0.4 is 35.2 Å². The molecule has 3 aromatic rings. The lowest BCUT2D eigenvalue weighted by Crippen LogP contribution is -2.20. The van der Waals surface area contributed by atoms with Crippen LogP contribution in [0.25, 0.3) is 11.0 Å². The Morgan fingerprint density at radius 1 is 0.875 bits per heavy atom. The molecule has 0 saturated carbocycles. The van der Waals surface area contributed by atoms with Crippen molar-refractivity contribution >= 4 is 34.2 Å². The summed E-state index contributed by atoms with van der Waals surface area (Å²) in [5.41, 5.74) is -0.0530. The van der Waals surface area contributed by atoms with E-state index in [0.717, 1.165) is 0 Å². The highest BCUT2D eigenvalue weighted by Gasteiger charge is 2.15. The van der Waals surface area contributed by atoms with Crippen molar-refractivity contribution in [1.82, 2.24) is 0 Å². The summed E-state index contributed by atoms with van der Waals surface area (Å²) in [5.74, 6) is 0.682. The third kappa shape index (κ3) is 5.09. The van der Waals surface area contributed by atoms with Crippen molar-refractivity contribution in [2.45, 2.75) is 6.92 Å². The Balaban J connectivity index is 1.78. The fraction of sp³-hybridized carbons (Fsp3) is 0.227. The predicted octanol–water partition coefficient (Wildman–Crippen LogP) is 2.79. The minimum absolute atomic E-state index is 0.00791. The smallest absolute Gasteiger partial charge is 0.360 e. The number of rotatable bonds is 8. The maximum Gasteiger partial charge on any atom is 0.360 e. The van der Waals surface area contributed by atoms with E-state index >= 15 is 0 Å². The average molecular weight is 442 g/mol. The molecule has 0 aliphatic heterocycles. The molecule has 168 valence electrons. The van der Waals surface area contributed by atoms with Crippen LogP contribution in [-0.2, 0) is 9.59 Å². The van der Waals surface area contributed by atoms with Crippen LogP contribution in [-0.4, -0.2) is 39.8 Å². The zero-order valence-corrected chi connectivity index (χ0v) is 17.9. The summed E-state index contributed by atoms with van der Waals surface area (Å²) < 4.78 is 26.6. The predicted molar refractivity (Wildman–Crippen MR) is 117 cm³/mol. The van der Waals surface area contributed by atoms with Crippen LogP contribution in [0.4, 0.5) is 11.4 Å². The molecule has 0 bridgehead atoms. The summed E-state index contributed by atoms with van der Waals surface area (Å²) in [4.78, 5) is 35.7. The van der Waals surface area contributed by atoms with Gasteiger partial charge in [-0.1, -0.05) is 0 Å². The van der Waals surface area contributed by atoms with Gasteiger partial charge in [0.2, 0.25) is 5.91 Å². The Morgan fingerprint density at radius 2 is 1.62 bits per heavy atom. The SMILES string of the molecule is COc1ccc(NC(=O)COc2cc3oc(=O)c(NC(C)=O)cc3cc2OC)c(OC)c1. The number of carbonyl (C=O) groups is 2. The van der Waals surface area contributed by atoms with Crippen molar-refractivity contribution in [3.63, 3.8) is 0 Å². The molecule has 0 spiro atoms. The Morgan fingerprint density at radius 3 is 2.28 bits per heavy atom. The Labute approximate surface area is 183 Å². The first-order valence-corrected chi connectivity index (χ1v) is 9.42. The van der Waals surface area contributed by atoms with Gasteiger partial charge in [0, 0.05) is 24.4 Å². The average Bonchev–Trinajstić information content (AvgIpc) is 2.77. The summed E-state index contributed by atoms with van der Waals surface area (Å²) in [5, 5.41) is 5.61. The van der Waals surface area contributed by atoms with Crippen LogP contribution in [0.3, 0.4) is 0 Å². The third-order valence-electron chi connectivity index (χ3n) is 4.37. The van der Waals surface area contributed by atoms with E-state index < -0.39 is 17.4 Å². The number of carbonyl (C=O) groups excluding carboxylic acids is 2. The van der Waals surface area contributed by atoms with Crippen LogP contribution >= 0.6 is 0 Å². The quantitative estimate of drug-likeness (QED) is 0.510. The molecule has 0 atom stereocenters. The monoisotopic (exact) mass is 442 g/mol. The third-order valence-corrected chi connectivity index (χ3v) is 4.37. The topological polar surface area (TPSA) is 125 Å². The van der Waals surface area contributed by atoms with Gasteiger partial charge in [-0.15, -0.1) is 0 Å². The minimum atomic E-state index is -0.715. The van der Waals surface area contributed by atoms with Crippen molar-refractivity contribution in [3.8, 4) is 23.0 Å². The zero-order chi connectivity index (χ0) is 23.3. The molecule has 32 heavy (non-hydrogen) atoms. The van der Waals surface area contributed by atoms with Gasteiger partial charge in [0.15, 0.2) is 18.1 Å². The van der Waals surface area contributed by atoms with Crippen molar-refractivity contribution < 1.29 is 33.0 Å². The van der Waals surface area contributed by atoms with E-state index in [2.05, 4.69) is 10.6 Å². The zero-order valence-electron chi connectivity index (χ0n) is 17.9. The van der Waals surface area contributed by atoms with Gasteiger partial charge in [-0.05, 0) is 24.3 Å². The van der Waals surface area contributed by atoms with E-state index in [-0.39, 0.29) is 23.6 Å². The summed E-state index contributed by atoms with van der Waals surface area (Å²) in [6, 6.07) is 9.45. The fourth-order valence-electron chi connectivity index (χ4n) is 2.91. The minimum Gasteiger partial charge on any atom is -0.497 e. The molecular weight excluding hydrogens is 420 g/mol. The number of amides is 2. The molecule has 0 saturated heterocycles. The molecule has 2 aromatic carbocycles. The van der Waals surface area contributed by atoms with E-state index in [1.807, 2.05) is 0 Å². The molecule has 3 rings (SSSR count). The first kappa shape index (κ1) is 22.5. The Bertz CT molecular complexity index is 1220. The van der Waals surface area contributed by atoms with E-state index in [0.29, 0.717) is 28.3 Å². The molecule has 0 fully saturated rings. The molecule has 2 amide bonds. The van der Waals surface area contributed by atoms with E-state index in [9.17, 15) is 14.4 Å². The van der Waals surface area contributed by atoms with Gasteiger partial charge in [-0.2, -0.15) is 0 Å². The molecule has 1 aromatic heterocycles. The molecule has 0 aliphatic rings. The van der Waals surface area contributed by atoms with Crippen molar-refractivity contribution in [2.75, 3.05) is 38.6 Å². The maximum atomic E-state index is 12.4. The van der Waals surface area contributed by atoms with Crippen LogP contribution in [0.2, 0.25) is 0 Å². The second-order valence-corrected chi connectivity index (χ2v) is 6.57. The normalized spacial score (nSPS) is 10.4. The summed E-state index contributed by atoms with van der Waals surface area (Å²) >= 11 is 0. The highest BCUT2D eigenvalue weighted by Crippen LogP contribution is 2.33. The molecule has 10 nitrogen and oxygen atoms in total. The number of fused-ring (bicyclic) bond motifs is 1. The van der Waals surface area contributed by atoms with Gasteiger partial charge < -0.3 is 34.0 Å². The number of anilines is 2. The molecule has 0 radical (unpaired) electrons. The first-order valence-electron chi connectivity index (χ1n) is 9.42. The van der Waals surface area contributed by atoms with Crippen LogP contribution in [0, 0.1) is 0 Å². The largest absolute Gasteiger partial charge is 0.497 e. The summed E-state index contributed by atoms with van der Waals surface area (Å²) in [7, 11) is 4.44. The second-order valence-electron chi connectivity index (χ2n) is 6.57. The maximum absolute atomic E-state index is 12.4. The highest BCUT2D eigenvalue weighted by atomic mass is 16.5. The van der Waals surface area contributed by atoms with Gasteiger partial charge in [0.05, 0.1) is 27.0 Å². The standard InChI is InChI=1S/C22H22N2O8/c1-12(25)23-16-7-13-8-19(30-4)20(10-17(13)32-22(16)27)31-11-21(26)24-15-6-5-14(28-2)9-18(15)29-3/h5-10H,11H2,1-4H3,(H,23,25)(H,24,26). The van der Waals surface area contributed by atoms with Crippen molar-refractivity contribution in [3.05, 3.63) is 46.8 Å². The van der Waals surface area contributed by atoms with Gasteiger partial charge in [0.1, 0.15) is 22.8 Å². The van der Waals surface area contributed by atoms with Crippen molar-refractivity contribution in [1.29, 1.82) is 0 Å². The lowest BCUT2D eigenvalue weighted by Gasteiger charge is -2.14. The summed E-state index contributed by atoms with van der Waals surface area (Å²) in [6.45, 7) is 0.943. The highest BCUT2D eigenvalue weighted by molar-refractivity contribution is 5.94. The van der Waals surface area contributed by atoms with Crippen LogP contribution in [0.5, 0.6) is 23.0 Å². The Hall–Kier alpha value is -4.21. The first-order chi connectivity index (χ1) is 15.3. The summed E-state index contributed by atoms with van der Waals surface area (Å²) in [6.07, 6.45) is 0. The number of hydrogen-bond acceptors (Lipinski definition) is 8. The van der Waals surface area contributed by atoms with Crippen LogP contribution in [0.1, 0.15) is 6.92 Å². The molecular formula is C22H22N2O8. The number of hydrogen-bond donors (Lipinski definition) is 2. The van der Waals surface area contributed by atoms with Gasteiger partial charge in [-0.25, -0.2) is 4.79 Å². The number of methoxy groups -OCH3 is 3. The number of nitrogens with one attached hydrogen (secondary N) is 2. The number of benzene rings is 2. The fourth-order valence-corrected chi connectivity index (χ4v) is 2.91. The van der Waals surface area contributed by atoms with E-state index in [1.54, 1.807) is 24.3 Å².